The van der Waals surface area contributed by atoms with Gasteiger partial charge >= 0.3 is 0 Å². The lowest BCUT2D eigenvalue weighted by Gasteiger charge is -2.10. The van der Waals surface area contributed by atoms with Crippen molar-refractivity contribution in [1.29, 1.82) is 0 Å². The summed E-state index contributed by atoms with van der Waals surface area (Å²) in [6.07, 6.45) is -0.333. The number of nitrogens with one attached hydrogen (secondary N) is 1. The maximum atomic E-state index is 9.42. The quantitative estimate of drug-likeness (QED) is 0.579. The fraction of sp³-hybridized carbons (Fsp3) is 0.857. The van der Waals surface area contributed by atoms with Crippen molar-refractivity contribution in [2.75, 3.05) is 26.3 Å². The van der Waals surface area contributed by atoms with E-state index in [0.29, 0.717) is 13.2 Å². The van der Waals surface area contributed by atoms with Gasteiger partial charge in [0.25, 0.3) is 0 Å². The number of amidine groups is 1. The first-order chi connectivity index (χ1) is 5.86. The number of rotatable bonds is 1. The van der Waals surface area contributed by atoms with E-state index in [1.165, 1.54) is 0 Å². The Bertz CT molecular complexity index is 198. The molecular formula is C7H12N2O2S. The molecule has 0 saturated carbocycles. The normalized spacial score (nSPS) is 34.9. The van der Waals surface area contributed by atoms with Gasteiger partial charge in [0.15, 0.2) is 5.17 Å². The lowest BCUT2D eigenvalue weighted by atomic mass is 10.3. The van der Waals surface area contributed by atoms with Gasteiger partial charge in [0.1, 0.15) is 0 Å². The minimum Gasteiger partial charge on any atom is -0.389 e. The molecule has 1 fully saturated rings. The summed E-state index contributed by atoms with van der Waals surface area (Å²) >= 11 is 1.59. The fourth-order valence-electron chi connectivity index (χ4n) is 1.23. The summed E-state index contributed by atoms with van der Waals surface area (Å²) in [5.74, 6) is 0. The molecule has 0 aromatic carbocycles. The number of aliphatic hydroxyl groups is 1. The highest BCUT2D eigenvalue weighted by atomic mass is 32.2. The van der Waals surface area contributed by atoms with Crippen molar-refractivity contribution in [2.45, 2.75) is 11.4 Å². The number of ether oxygens (including phenoxy) is 1. The highest BCUT2D eigenvalue weighted by molar-refractivity contribution is 8.14. The average Bonchev–Trinajstić information content (AvgIpc) is 2.65. The van der Waals surface area contributed by atoms with E-state index in [1.54, 1.807) is 11.8 Å². The molecule has 2 aliphatic rings. The van der Waals surface area contributed by atoms with Crippen LogP contribution in [0, 0.1) is 0 Å². The molecule has 2 N–H and O–H groups in total. The molecule has 0 aromatic heterocycles. The molecule has 5 heteroatoms. The number of aliphatic imine (C=N–C) groups is 1. The van der Waals surface area contributed by atoms with Gasteiger partial charge in [-0.1, -0.05) is 11.8 Å². The number of hydrogen-bond donors (Lipinski definition) is 2. The van der Waals surface area contributed by atoms with Crippen molar-refractivity contribution in [3.63, 3.8) is 0 Å². The van der Waals surface area contributed by atoms with E-state index in [2.05, 4.69) is 10.3 Å². The lowest BCUT2D eigenvalue weighted by molar-refractivity contribution is 0.127. The maximum Gasteiger partial charge on any atom is 0.157 e. The second-order valence-corrected chi connectivity index (χ2v) is 4.10. The zero-order chi connectivity index (χ0) is 8.39. The topological polar surface area (TPSA) is 53.9 Å². The van der Waals surface area contributed by atoms with E-state index in [0.717, 1.165) is 18.3 Å². The van der Waals surface area contributed by atoms with Gasteiger partial charge < -0.3 is 15.2 Å². The van der Waals surface area contributed by atoms with Crippen molar-refractivity contribution < 1.29 is 9.84 Å². The molecule has 2 heterocycles. The first-order valence-electron chi connectivity index (χ1n) is 4.07. The van der Waals surface area contributed by atoms with Gasteiger partial charge in [0.05, 0.1) is 31.1 Å². The zero-order valence-electron chi connectivity index (χ0n) is 6.69. The SMILES string of the molecule is OC1COCC1SC1=NCCN1. The predicted octanol–water partition coefficient (Wildman–Crippen LogP) is -0.562. The summed E-state index contributed by atoms with van der Waals surface area (Å²) < 4.78 is 5.13. The van der Waals surface area contributed by atoms with Gasteiger partial charge in [-0.05, 0) is 0 Å². The Morgan fingerprint density at radius 3 is 3.08 bits per heavy atom. The summed E-state index contributed by atoms with van der Waals surface area (Å²) in [4.78, 5) is 4.24. The van der Waals surface area contributed by atoms with Gasteiger partial charge in [-0.25, -0.2) is 0 Å². The second-order valence-electron chi connectivity index (χ2n) is 2.87. The fourth-order valence-corrected chi connectivity index (χ4v) is 2.27. The van der Waals surface area contributed by atoms with E-state index >= 15 is 0 Å². The van der Waals surface area contributed by atoms with Crippen LogP contribution in [0.2, 0.25) is 0 Å². The molecule has 0 radical (unpaired) electrons. The first-order valence-corrected chi connectivity index (χ1v) is 4.95. The molecule has 2 atom stereocenters. The number of thioether (sulfide) groups is 1. The van der Waals surface area contributed by atoms with Crippen LogP contribution in [0.4, 0.5) is 0 Å². The monoisotopic (exact) mass is 188 g/mol. The van der Waals surface area contributed by atoms with Crippen molar-refractivity contribution in [3.8, 4) is 0 Å². The largest absolute Gasteiger partial charge is 0.389 e. The molecule has 0 amide bonds. The Hall–Kier alpha value is -0.260. The molecule has 0 bridgehead atoms. The Labute approximate surface area is 75.4 Å². The van der Waals surface area contributed by atoms with Crippen LogP contribution in [-0.4, -0.2) is 47.9 Å². The Morgan fingerprint density at radius 1 is 1.58 bits per heavy atom. The summed E-state index contributed by atoms with van der Waals surface area (Å²) in [7, 11) is 0. The van der Waals surface area contributed by atoms with Gasteiger partial charge in [-0.2, -0.15) is 0 Å². The molecule has 0 aromatic rings. The van der Waals surface area contributed by atoms with Gasteiger partial charge in [0.2, 0.25) is 0 Å². The van der Waals surface area contributed by atoms with Crippen molar-refractivity contribution in [3.05, 3.63) is 0 Å². The third kappa shape index (κ3) is 1.73. The van der Waals surface area contributed by atoms with Gasteiger partial charge in [-0.15, -0.1) is 0 Å². The molecule has 12 heavy (non-hydrogen) atoms. The lowest BCUT2D eigenvalue weighted by Crippen LogP contribution is -2.25. The maximum absolute atomic E-state index is 9.42. The Morgan fingerprint density at radius 2 is 2.50 bits per heavy atom. The number of nitrogens with zero attached hydrogens (tertiary/aromatic N) is 1. The van der Waals surface area contributed by atoms with Crippen LogP contribution in [0.15, 0.2) is 4.99 Å². The summed E-state index contributed by atoms with van der Waals surface area (Å²) in [6.45, 7) is 2.87. The number of hydrogen-bond acceptors (Lipinski definition) is 5. The molecule has 68 valence electrons. The Balaban J connectivity index is 1.85. The van der Waals surface area contributed by atoms with E-state index in [1.807, 2.05) is 0 Å². The predicted molar refractivity (Wildman–Crippen MR) is 48.5 cm³/mol. The zero-order valence-corrected chi connectivity index (χ0v) is 7.51. The molecule has 0 aliphatic carbocycles. The van der Waals surface area contributed by atoms with E-state index in [-0.39, 0.29) is 11.4 Å². The molecule has 2 rings (SSSR count). The van der Waals surface area contributed by atoms with Crippen LogP contribution < -0.4 is 5.32 Å². The van der Waals surface area contributed by atoms with Crippen LogP contribution in [-0.2, 0) is 4.74 Å². The van der Waals surface area contributed by atoms with Gasteiger partial charge in [-0.3, -0.25) is 4.99 Å². The third-order valence-corrected chi connectivity index (χ3v) is 3.16. The molecule has 4 nitrogen and oxygen atoms in total. The standard InChI is InChI=1S/C7H12N2O2S/c10-5-3-11-4-6(5)12-7-8-1-2-9-7/h5-6,10H,1-4H2,(H,8,9). The van der Waals surface area contributed by atoms with Crippen LogP contribution in [0.3, 0.4) is 0 Å². The van der Waals surface area contributed by atoms with Crippen molar-refractivity contribution in [2.24, 2.45) is 4.99 Å². The minimum atomic E-state index is -0.333. The van der Waals surface area contributed by atoms with Gasteiger partial charge in [0, 0.05) is 6.54 Å². The second kappa shape index (κ2) is 3.64. The summed E-state index contributed by atoms with van der Waals surface area (Å²) in [6, 6.07) is 0. The van der Waals surface area contributed by atoms with E-state index in [9.17, 15) is 5.11 Å². The molecular weight excluding hydrogens is 176 g/mol. The summed E-state index contributed by atoms with van der Waals surface area (Å²) in [5, 5.41) is 13.7. The van der Waals surface area contributed by atoms with Crippen LogP contribution >= 0.6 is 11.8 Å². The molecule has 1 saturated heterocycles. The summed E-state index contributed by atoms with van der Waals surface area (Å²) in [5.41, 5.74) is 0. The van der Waals surface area contributed by atoms with Crippen LogP contribution in [0.1, 0.15) is 0 Å². The average molecular weight is 188 g/mol. The van der Waals surface area contributed by atoms with Crippen molar-refractivity contribution >= 4 is 16.9 Å². The third-order valence-electron chi connectivity index (χ3n) is 1.91. The number of aliphatic hydroxyl groups excluding tert-OH is 1. The van der Waals surface area contributed by atoms with Crippen molar-refractivity contribution in [1.82, 2.24) is 5.32 Å². The molecule has 2 aliphatic heterocycles. The first kappa shape index (κ1) is 8.34. The minimum absolute atomic E-state index is 0.161. The van der Waals surface area contributed by atoms with Crippen LogP contribution in [0.25, 0.3) is 0 Å². The highest BCUT2D eigenvalue weighted by Crippen LogP contribution is 2.22. The highest BCUT2D eigenvalue weighted by Gasteiger charge is 2.28. The van der Waals surface area contributed by atoms with E-state index in [4.69, 9.17) is 4.74 Å². The van der Waals surface area contributed by atoms with E-state index < -0.39 is 0 Å². The van der Waals surface area contributed by atoms with Crippen LogP contribution in [0.5, 0.6) is 0 Å². The smallest absolute Gasteiger partial charge is 0.157 e. The molecule has 2 unspecified atom stereocenters. The molecule has 0 spiro atoms. The Kier molecular flexibility index (Phi) is 2.53.